The zero-order chi connectivity index (χ0) is 7.84. The Morgan fingerprint density at radius 3 is 2.82 bits per heavy atom. The van der Waals surface area contributed by atoms with Crippen molar-refractivity contribution in [2.45, 2.75) is 12.5 Å². The first-order chi connectivity index (χ1) is 5.29. The highest BCUT2D eigenvalue weighted by molar-refractivity contribution is 6.04. The molecule has 1 aromatic carbocycles. The maximum Gasteiger partial charge on any atom is 0.180 e. The van der Waals surface area contributed by atoms with Gasteiger partial charge in [-0.3, -0.25) is 4.79 Å². The number of hydrogen-bond donors (Lipinski definition) is 1. The predicted octanol–water partition coefficient (Wildman–Crippen LogP) is 0.753. The molecule has 1 aliphatic carbocycles. The van der Waals surface area contributed by atoms with Gasteiger partial charge in [0, 0.05) is 5.56 Å². The Hall–Kier alpha value is -1.15. The van der Waals surface area contributed by atoms with E-state index in [1.165, 1.54) is 0 Å². The van der Waals surface area contributed by atoms with Crippen LogP contribution in [0.1, 0.15) is 15.9 Å². The van der Waals surface area contributed by atoms with Gasteiger partial charge < -0.3 is 5.73 Å². The quantitative estimate of drug-likeness (QED) is 0.588. The molecular formula is C9H9NO. The number of fused-ring (bicyclic) bond motifs is 1. The van der Waals surface area contributed by atoms with Gasteiger partial charge in [0.15, 0.2) is 5.78 Å². The normalized spacial score (nSPS) is 21.9. The first-order valence-electron chi connectivity index (χ1n) is 3.67. The molecule has 0 saturated heterocycles. The average Bonchev–Trinajstić information content (AvgIpc) is 2.30. The van der Waals surface area contributed by atoms with Crippen LogP contribution in [0, 0.1) is 0 Å². The lowest BCUT2D eigenvalue weighted by molar-refractivity contribution is 0.0974. The van der Waals surface area contributed by atoms with Crippen LogP contribution in [0.2, 0.25) is 0 Å². The molecule has 2 rings (SSSR count). The molecule has 2 heteroatoms. The second-order valence-corrected chi connectivity index (χ2v) is 2.83. The molecule has 0 radical (unpaired) electrons. The molecule has 11 heavy (non-hydrogen) atoms. The minimum Gasteiger partial charge on any atom is -0.321 e. The second kappa shape index (κ2) is 2.17. The highest BCUT2D eigenvalue weighted by atomic mass is 16.1. The molecule has 2 N–H and O–H groups in total. The number of rotatable bonds is 0. The molecule has 0 amide bonds. The third-order valence-electron chi connectivity index (χ3n) is 2.06. The summed E-state index contributed by atoms with van der Waals surface area (Å²) in [6, 6.07) is 7.30. The average molecular weight is 147 g/mol. The molecule has 0 spiro atoms. The summed E-state index contributed by atoms with van der Waals surface area (Å²) in [6.45, 7) is 0. The van der Waals surface area contributed by atoms with E-state index < -0.39 is 0 Å². The lowest BCUT2D eigenvalue weighted by Gasteiger charge is -1.94. The van der Waals surface area contributed by atoms with Gasteiger partial charge in [0.2, 0.25) is 0 Å². The summed E-state index contributed by atoms with van der Waals surface area (Å²) in [4.78, 5) is 11.3. The van der Waals surface area contributed by atoms with Crippen molar-refractivity contribution in [2.24, 2.45) is 5.73 Å². The van der Waals surface area contributed by atoms with Gasteiger partial charge >= 0.3 is 0 Å². The predicted molar refractivity (Wildman–Crippen MR) is 42.5 cm³/mol. The van der Waals surface area contributed by atoms with Crippen molar-refractivity contribution in [3.8, 4) is 0 Å². The molecular weight excluding hydrogens is 138 g/mol. The summed E-state index contributed by atoms with van der Waals surface area (Å²) < 4.78 is 0. The maximum atomic E-state index is 11.3. The molecule has 0 fully saturated rings. The zero-order valence-electron chi connectivity index (χ0n) is 6.08. The molecule has 2 nitrogen and oxygen atoms in total. The van der Waals surface area contributed by atoms with E-state index in [1.54, 1.807) is 0 Å². The molecule has 0 aliphatic heterocycles. The van der Waals surface area contributed by atoms with Crippen molar-refractivity contribution in [1.82, 2.24) is 0 Å². The zero-order valence-corrected chi connectivity index (χ0v) is 6.08. The van der Waals surface area contributed by atoms with Gasteiger partial charge in [-0.15, -0.1) is 0 Å². The Balaban J connectivity index is 2.55. The molecule has 0 heterocycles. The van der Waals surface area contributed by atoms with E-state index in [4.69, 9.17) is 5.73 Å². The van der Waals surface area contributed by atoms with Crippen molar-refractivity contribution in [2.75, 3.05) is 0 Å². The van der Waals surface area contributed by atoms with Gasteiger partial charge in [0.1, 0.15) is 0 Å². The van der Waals surface area contributed by atoms with Crippen molar-refractivity contribution in [1.29, 1.82) is 0 Å². The third-order valence-corrected chi connectivity index (χ3v) is 2.06. The number of nitrogens with two attached hydrogens (primary N) is 1. The van der Waals surface area contributed by atoms with Crippen LogP contribution in [0.4, 0.5) is 0 Å². The largest absolute Gasteiger partial charge is 0.321 e. The summed E-state index contributed by atoms with van der Waals surface area (Å²) in [6.07, 6.45) is 0.703. The summed E-state index contributed by atoms with van der Waals surface area (Å²) in [5.41, 5.74) is 7.47. The molecule has 0 bridgehead atoms. The molecule has 1 aliphatic rings. The summed E-state index contributed by atoms with van der Waals surface area (Å²) >= 11 is 0. The van der Waals surface area contributed by atoms with E-state index in [0.29, 0.717) is 6.42 Å². The van der Waals surface area contributed by atoms with Crippen LogP contribution in [0.25, 0.3) is 0 Å². The third kappa shape index (κ3) is 0.870. The van der Waals surface area contributed by atoms with Crippen LogP contribution in [-0.4, -0.2) is 11.8 Å². The highest BCUT2D eigenvalue weighted by Crippen LogP contribution is 2.19. The summed E-state index contributed by atoms with van der Waals surface area (Å²) in [5, 5.41) is 0. The first-order valence-corrected chi connectivity index (χ1v) is 3.67. The standard InChI is InChI=1S/C9H9NO/c10-8-5-6-3-1-2-4-7(6)9(8)11/h1-4,8H,5,10H2/t8-/m1/s1. The fraction of sp³-hybridized carbons (Fsp3) is 0.222. The Labute approximate surface area is 65.0 Å². The van der Waals surface area contributed by atoms with Crippen molar-refractivity contribution in [3.63, 3.8) is 0 Å². The summed E-state index contributed by atoms with van der Waals surface area (Å²) in [5.74, 6) is 0.0839. The Morgan fingerprint density at radius 1 is 1.36 bits per heavy atom. The van der Waals surface area contributed by atoms with Gasteiger partial charge in [0.25, 0.3) is 0 Å². The van der Waals surface area contributed by atoms with Gasteiger partial charge in [-0.05, 0) is 12.0 Å². The minimum atomic E-state index is -0.299. The number of benzene rings is 1. The van der Waals surface area contributed by atoms with Crippen LogP contribution in [0.15, 0.2) is 24.3 Å². The molecule has 1 aromatic rings. The topological polar surface area (TPSA) is 43.1 Å². The lowest BCUT2D eigenvalue weighted by atomic mass is 10.1. The minimum absolute atomic E-state index is 0.0839. The number of carbonyl (C=O) groups is 1. The van der Waals surface area contributed by atoms with E-state index in [9.17, 15) is 4.79 Å². The summed E-state index contributed by atoms with van der Waals surface area (Å²) in [7, 11) is 0. The van der Waals surface area contributed by atoms with Crippen LogP contribution in [0.3, 0.4) is 0 Å². The van der Waals surface area contributed by atoms with E-state index in [1.807, 2.05) is 24.3 Å². The number of carbonyl (C=O) groups excluding carboxylic acids is 1. The molecule has 0 saturated carbocycles. The van der Waals surface area contributed by atoms with Gasteiger partial charge in [-0.1, -0.05) is 24.3 Å². The Morgan fingerprint density at radius 2 is 2.09 bits per heavy atom. The van der Waals surface area contributed by atoms with Gasteiger partial charge in [-0.25, -0.2) is 0 Å². The van der Waals surface area contributed by atoms with Crippen molar-refractivity contribution >= 4 is 5.78 Å². The van der Waals surface area contributed by atoms with E-state index in [-0.39, 0.29) is 11.8 Å². The van der Waals surface area contributed by atoms with E-state index >= 15 is 0 Å². The molecule has 1 atom stereocenters. The fourth-order valence-electron chi connectivity index (χ4n) is 1.47. The first kappa shape index (κ1) is 6.55. The SMILES string of the molecule is N[C@@H]1Cc2ccccc2C1=O. The van der Waals surface area contributed by atoms with Crippen LogP contribution < -0.4 is 5.73 Å². The van der Waals surface area contributed by atoms with E-state index in [2.05, 4.69) is 0 Å². The van der Waals surface area contributed by atoms with Crippen molar-refractivity contribution < 1.29 is 4.79 Å². The highest BCUT2D eigenvalue weighted by Gasteiger charge is 2.26. The fourth-order valence-corrected chi connectivity index (χ4v) is 1.47. The lowest BCUT2D eigenvalue weighted by Crippen LogP contribution is -2.26. The number of Topliss-reactive ketones (excluding diaryl/α,β-unsaturated/α-hetero) is 1. The van der Waals surface area contributed by atoms with Gasteiger partial charge in [0.05, 0.1) is 6.04 Å². The molecule has 56 valence electrons. The Kier molecular flexibility index (Phi) is 1.29. The number of hydrogen-bond acceptors (Lipinski definition) is 2. The smallest absolute Gasteiger partial charge is 0.180 e. The van der Waals surface area contributed by atoms with E-state index in [0.717, 1.165) is 11.1 Å². The van der Waals surface area contributed by atoms with Gasteiger partial charge in [-0.2, -0.15) is 0 Å². The molecule has 0 unspecified atom stereocenters. The number of ketones is 1. The van der Waals surface area contributed by atoms with Crippen LogP contribution in [0.5, 0.6) is 0 Å². The maximum absolute atomic E-state index is 11.3. The monoisotopic (exact) mass is 147 g/mol. The van der Waals surface area contributed by atoms with Crippen LogP contribution in [-0.2, 0) is 6.42 Å². The Bertz CT molecular complexity index is 306. The second-order valence-electron chi connectivity index (χ2n) is 2.83. The molecule has 0 aromatic heterocycles. The van der Waals surface area contributed by atoms with Crippen LogP contribution >= 0.6 is 0 Å². The van der Waals surface area contributed by atoms with Crippen molar-refractivity contribution in [3.05, 3.63) is 35.4 Å².